The molecule has 12 heteroatoms. The Hall–Kier alpha value is -2.89. The Kier molecular flexibility index (Phi) is 43.2. The van der Waals surface area contributed by atoms with Gasteiger partial charge in [0.2, 0.25) is 6.10 Å². The molecule has 0 aromatic rings. The SMILES string of the molecule is CCCCCCCCC(CCCCCC)C(=O)OCCCCCOC(=O)CC(OC(=O)OCCCCCOC(=O)C(CCCCCC)CCCCCCCC)C(=O)OCCCN(C)C. The lowest BCUT2D eigenvalue weighted by Crippen LogP contribution is -2.33. The number of esters is 4. The van der Waals surface area contributed by atoms with Crippen LogP contribution in [0.5, 0.6) is 0 Å². The third-order valence-electron chi connectivity index (χ3n) is 11.7. The Balaban J connectivity index is 4.73. The summed E-state index contributed by atoms with van der Waals surface area (Å²) in [6, 6.07) is 0. The maximum Gasteiger partial charge on any atom is 0.509 e. The largest absolute Gasteiger partial charge is 0.509 e. The summed E-state index contributed by atoms with van der Waals surface area (Å²) in [5, 5.41) is 0. The first-order valence-corrected chi connectivity index (χ1v) is 26.2. The summed E-state index contributed by atoms with van der Waals surface area (Å²) in [6.45, 7) is 10.4. The van der Waals surface area contributed by atoms with Crippen LogP contribution in [0.25, 0.3) is 0 Å². The molecular weight excluding hydrogens is 815 g/mol. The molecule has 376 valence electrons. The summed E-state index contributed by atoms with van der Waals surface area (Å²) in [7, 11) is 3.82. The number of hydrogen-bond acceptors (Lipinski definition) is 12. The Labute approximate surface area is 391 Å². The van der Waals surface area contributed by atoms with Gasteiger partial charge in [-0.25, -0.2) is 9.59 Å². The zero-order valence-electron chi connectivity index (χ0n) is 42.0. The Bertz CT molecular complexity index is 1060. The molecule has 0 radical (unpaired) electrons. The highest BCUT2D eigenvalue weighted by Gasteiger charge is 2.29. The van der Waals surface area contributed by atoms with Gasteiger partial charge in [-0.1, -0.05) is 156 Å². The minimum atomic E-state index is -1.50. The highest BCUT2D eigenvalue weighted by molar-refractivity contribution is 5.83. The van der Waals surface area contributed by atoms with Crippen molar-refractivity contribution in [2.24, 2.45) is 11.8 Å². The molecule has 0 fully saturated rings. The highest BCUT2D eigenvalue weighted by atomic mass is 16.7. The van der Waals surface area contributed by atoms with Crippen molar-refractivity contribution < 1.29 is 52.4 Å². The second kappa shape index (κ2) is 45.3. The summed E-state index contributed by atoms with van der Waals surface area (Å²) < 4.78 is 32.6. The van der Waals surface area contributed by atoms with Gasteiger partial charge in [-0.05, 0) is 84.7 Å². The molecule has 12 nitrogen and oxygen atoms in total. The molecule has 0 bridgehead atoms. The molecule has 0 heterocycles. The topological polar surface area (TPSA) is 144 Å². The van der Waals surface area contributed by atoms with E-state index in [4.69, 9.17) is 28.4 Å². The van der Waals surface area contributed by atoms with Crippen LogP contribution in [0.15, 0.2) is 0 Å². The van der Waals surface area contributed by atoms with Crippen LogP contribution < -0.4 is 0 Å². The first kappa shape index (κ1) is 61.1. The van der Waals surface area contributed by atoms with E-state index in [1.165, 1.54) is 64.2 Å². The number of nitrogens with zero attached hydrogens (tertiary/aromatic N) is 1. The molecule has 0 aromatic heterocycles. The third-order valence-corrected chi connectivity index (χ3v) is 11.7. The fourth-order valence-electron chi connectivity index (χ4n) is 7.60. The van der Waals surface area contributed by atoms with Crippen LogP contribution in [0.4, 0.5) is 4.79 Å². The first-order chi connectivity index (χ1) is 31.1. The van der Waals surface area contributed by atoms with Gasteiger partial charge in [0.15, 0.2) is 0 Å². The molecule has 3 atom stereocenters. The van der Waals surface area contributed by atoms with Gasteiger partial charge in [0.1, 0.15) is 0 Å². The fraction of sp³-hybridized carbons (Fsp3) is 0.904. The molecule has 0 N–H and O–H groups in total. The van der Waals surface area contributed by atoms with E-state index in [1.54, 1.807) is 0 Å². The molecular formula is C52H97NO11. The van der Waals surface area contributed by atoms with Crippen molar-refractivity contribution in [1.82, 2.24) is 4.90 Å². The van der Waals surface area contributed by atoms with E-state index in [1.807, 2.05) is 19.0 Å². The summed E-state index contributed by atoms with van der Waals surface area (Å²) in [5.41, 5.74) is 0. The van der Waals surface area contributed by atoms with Crippen molar-refractivity contribution in [2.45, 2.75) is 239 Å². The van der Waals surface area contributed by atoms with Gasteiger partial charge in [-0.15, -0.1) is 0 Å². The van der Waals surface area contributed by atoms with Gasteiger partial charge >= 0.3 is 30.0 Å². The first-order valence-electron chi connectivity index (χ1n) is 26.2. The average molecular weight is 912 g/mol. The number of unbranched alkanes of at least 4 members (excludes halogenated alkanes) is 20. The van der Waals surface area contributed by atoms with Gasteiger partial charge in [0, 0.05) is 6.54 Å². The highest BCUT2D eigenvalue weighted by Crippen LogP contribution is 2.22. The van der Waals surface area contributed by atoms with Gasteiger partial charge in [-0.3, -0.25) is 14.4 Å². The summed E-state index contributed by atoms with van der Waals surface area (Å²) in [6.07, 6.45) is 28.2. The maximum atomic E-state index is 12.9. The second-order valence-corrected chi connectivity index (χ2v) is 18.1. The van der Waals surface area contributed by atoms with Crippen molar-refractivity contribution in [1.29, 1.82) is 0 Å². The van der Waals surface area contributed by atoms with Crippen LogP contribution >= 0.6 is 0 Å². The van der Waals surface area contributed by atoms with E-state index in [0.717, 1.165) is 89.9 Å². The maximum absolute atomic E-state index is 12.9. The van der Waals surface area contributed by atoms with Crippen LogP contribution in [0.2, 0.25) is 0 Å². The molecule has 0 aromatic carbocycles. The quantitative estimate of drug-likeness (QED) is 0.0326. The number of carbonyl (C=O) groups is 5. The smallest absolute Gasteiger partial charge is 0.466 e. The predicted octanol–water partition coefficient (Wildman–Crippen LogP) is 13.0. The lowest BCUT2D eigenvalue weighted by atomic mass is 9.94. The Morgan fingerprint density at radius 1 is 0.375 bits per heavy atom. The molecule has 0 aliphatic carbocycles. The average Bonchev–Trinajstić information content (AvgIpc) is 3.27. The second-order valence-electron chi connectivity index (χ2n) is 18.1. The lowest BCUT2D eigenvalue weighted by Gasteiger charge is -2.17. The predicted molar refractivity (Wildman–Crippen MR) is 256 cm³/mol. The summed E-state index contributed by atoms with van der Waals surface area (Å²) in [5.74, 6) is -1.81. The summed E-state index contributed by atoms with van der Waals surface area (Å²) in [4.78, 5) is 66.1. The molecule has 0 saturated heterocycles. The van der Waals surface area contributed by atoms with Crippen molar-refractivity contribution in [3.05, 3.63) is 0 Å². The molecule has 0 rings (SSSR count). The number of carbonyl (C=O) groups excluding carboxylic acids is 5. The van der Waals surface area contributed by atoms with Crippen LogP contribution in [0.1, 0.15) is 233 Å². The van der Waals surface area contributed by atoms with E-state index in [-0.39, 0.29) is 43.6 Å². The zero-order chi connectivity index (χ0) is 47.3. The van der Waals surface area contributed by atoms with Crippen molar-refractivity contribution >= 4 is 30.0 Å². The molecule has 64 heavy (non-hydrogen) atoms. The minimum Gasteiger partial charge on any atom is -0.466 e. The standard InChI is InChI=1S/C52H97NO11/c1-7-11-15-19-21-27-36-45(34-25-17-13-9-3)49(55)60-40-30-23-29-39-59-48(54)44-47(51(57)62-43-33-38-53(5)6)64-52(58)63-42-32-24-31-41-61-50(56)46(35-26-18-14-10-4)37-28-22-20-16-12-8-2/h45-47H,7-44H2,1-6H3. The van der Waals surface area contributed by atoms with E-state index in [2.05, 4.69) is 27.7 Å². The molecule has 0 aliphatic rings. The van der Waals surface area contributed by atoms with Gasteiger partial charge in [0.05, 0.1) is 51.3 Å². The lowest BCUT2D eigenvalue weighted by molar-refractivity contribution is -0.161. The van der Waals surface area contributed by atoms with E-state index in [0.29, 0.717) is 64.7 Å². The molecule has 0 amide bonds. The van der Waals surface area contributed by atoms with Crippen molar-refractivity contribution in [3.63, 3.8) is 0 Å². The van der Waals surface area contributed by atoms with Crippen LogP contribution in [0, 0.1) is 11.8 Å². The number of ether oxygens (including phenoxy) is 6. The van der Waals surface area contributed by atoms with Crippen molar-refractivity contribution in [3.8, 4) is 0 Å². The van der Waals surface area contributed by atoms with E-state index < -0.39 is 30.6 Å². The molecule has 0 saturated carbocycles. The van der Waals surface area contributed by atoms with Crippen molar-refractivity contribution in [2.75, 3.05) is 53.7 Å². The Morgan fingerprint density at radius 3 is 1.12 bits per heavy atom. The number of hydrogen-bond donors (Lipinski definition) is 0. The van der Waals surface area contributed by atoms with Gasteiger partial charge in [-0.2, -0.15) is 0 Å². The normalized spacial score (nSPS) is 12.7. The van der Waals surface area contributed by atoms with Crippen LogP contribution in [-0.2, 0) is 47.6 Å². The minimum absolute atomic E-state index is 0.0403. The van der Waals surface area contributed by atoms with Crippen LogP contribution in [-0.4, -0.2) is 94.7 Å². The summed E-state index contributed by atoms with van der Waals surface area (Å²) >= 11 is 0. The van der Waals surface area contributed by atoms with Gasteiger partial charge in [0.25, 0.3) is 0 Å². The van der Waals surface area contributed by atoms with E-state index >= 15 is 0 Å². The molecule has 0 spiro atoms. The Morgan fingerprint density at radius 2 is 0.703 bits per heavy atom. The van der Waals surface area contributed by atoms with E-state index in [9.17, 15) is 24.0 Å². The van der Waals surface area contributed by atoms with Crippen LogP contribution in [0.3, 0.4) is 0 Å². The monoisotopic (exact) mass is 912 g/mol. The fourth-order valence-corrected chi connectivity index (χ4v) is 7.60. The zero-order valence-corrected chi connectivity index (χ0v) is 42.0. The molecule has 0 aliphatic heterocycles. The number of rotatable bonds is 46. The third kappa shape index (κ3) is 38.4. The van der Waals surface area contributed by atoms with Gasteiger partial charge < -0.3 is 33.3 Å². The molecule has 3 unspecified atom stereocenters.